The molecule has 11 nitrogen and oxygen atoms in total. The van der Waals surface area contributed by atoms with Gasteiger partial charge in [0.05, 0.1) is 29.0 Å². The molecule has 1 fully saturated rings. The van der Waals surface area contributed by atoms with Crippen molar-refractivity contribution in [2.24, 2.45) is 5.92 Å². The summed E-state index contributed by atoms with van der Waals surface area (Å²) in [5.41, 5.74) is 0.974. The van der Waals surface area contributed by atoms with Crippen LogP contribution < -0.4 is 21.3 Å². The molecule has 4 N–H and O–H groups in total. The molecule has 1 saturated heterocycles. The van der Waals surface area contributed by atoms with Gasteiger partial charge >= 0.3 is 0 Å². The summed E-state index contributed by atoms with van der Waals surface area (Å²) in [5.74, 6) is -2.59. The number of nitrogens with zero attached hydrogens (tertiary/aromatic N) is 2. The largest absolute Gasteiger partial charge is 0.347 e. The van der Waals surface area contributed by atoms with Crippen LogP contribution in [0.3, 0.4) is 0 Å². The molecule has 1 heterocycles. The summed E-state index contributed by atoms with van der Waals surface area (Å²) in [5, 5.41) is 10.7. The van der Waals surface area contributed by atoms with Gasteiger partial charge in [0.15, 0.2) is 0 Å². The lowest BCUT2D eigenvalue weighted by molar-refractivity contribution is -0.129. The molecule has 5 amide bonds. The quantitative estimate of drug-likeness (QED) is 0.329. The second-order valence-electron chi connectivity index (χ2n) is 10.2. The van der Waals surface area contributed by atoms with E-state index in [0.29, 0.717) is 42.2 Å². The molecular weight excluding hydrogens is 567 g/mol. The number of halogens is 2. The van der Waals surface area contributed by atoms with Crippen molar-refractivity contribution in [3.63, 3.8) is 0 Å². The monoisotopic (exact) mass is 602 g/mol. The molecule has 3 rings (SSSR count). The highest BCUT2D eigenvalue weighted by Crippen LogP contribution is 2.25. The van der Waals surface area contributed by atoms with E-state index in [1.54, 1.807) is 46.1 Å². The van der Waals surface area contributed by atoms with E-state index in [1.807, 2.05) is 4.90 Å². The zero-order valence-electron chi connectivity index (χ0n) is 24.1. The van der Waals surface area contributed by atoms with E-state index in [-0.39, 0.29) is 53.9 Å². The van der Waals surface area contributed by atoms with Gasteiger partial charge in [-0.15, -0.1) is 0 Å². The molecule has 13 heteroatoms. The Morgan fingerprint density at radius 3 is 2.31 bits per heavy atom. The Morgan fingerprint density at radius 2 is 1.67 bits per heavy atom. The summed E-state index contributed by atoms with van der Waals surface area (Å²) < 4.78 is 13.9. The Morgan fingerprint density at radius 1 is 0.976 bits per heavy atom. The average Bonchev–Trinajstić information content (AvgIpc) is 2.97. The van der Waals surface area contributed by atoms with Crippen molar-refractivity contribution in [1.82, 2.24) is 15.1 Å². The van der Waals surface area contributed by atoms with Crippen LogP contribution in [0.2, 0.25) is 5.02 Å². The van der Waals surface area contributed by atoms with E-state index in [1.165, 1.54) is 17.0 Å². The molecule has 1 aliphatic rings. The first kappa shape index (κ1) is 32.5. The van der Waals surface area contributed by atoms with E-state index in [0.717, 1.165) is 6.07 Å². The molecule has 0 spiro atoms. The predicted molar refractivity (Wildman–Crippen MR) is 159 cm³/mol. The number of benzene rings is 2. The summed E-state index contributed by atoms with van der Waals surface area (Å²) in [7, 11) is 3.27. The number of likely N-dealkylation sites (tertiary alicyclic amines) is 1. The van der Waals surface area contributed by atoms with Crippen LogP contribution in [-0.2, 0) is 19.2 Å². The van der Waals surface area contributed by atoms with Crippen molar-refractivity contribution in [1.29, 1.82) is 0 Å². The molecule has 1 atom stereocenters. The molecule has 1 unspecified atom stereocenters. The Labute approximate surface area is 249 Å². The number of rotatable bonds is 10. The van der Waals surface area contributed by atoms with Crippen molar-refractivity contribution in [3.8, 4) is 0 Å². The van der Waals surface area contributed by atoms with E-state index >= 15 is 0 Å². The zero-order chi connectivity index (χ0) is 31.0. The van der Waals surface area contributed by atoms with E-state index < -0.39 is 17.8 Å². The average molecular weight is 603 g/mol. The summed E-state index contributed by atoms with van der Waals surface area (Å²) in [4.78, 5) is 65.3. The smallest absolute Gasteiger partial charge is 0.253 e. The third kappa shape index (κ3) is 8.73. The van der Waals surface area contributed by atoms with Crippen LogP contribution in [0.15, 0.2) is 36.4 Å². The number of hydrogen-bond acceptors (Lipinski definition) is 6. The fourth-order valence-electron chi connectivity index (χ4n) is 4.42. The van der Waals surface area contributed by atoms with Gasteiger partial charge in [-0.05, 0) is 69.3 Å². The van der Waals surface area contributed by atoms with Crippen LogP contribution in [0.5, 0.6) is 0 Å². The van der Waals surface area contributed by atoms with Crippen LogP contribution in [0.1, 0.15) is 43.5 Å². The van der Waals surface area contributed by atoms with Crippen LogP contribution in [-0.4, -0.2) is 79.1 Å². The summed E-state index contributed by atoms with van der Waals surface area (Å²) in [6.45, 7) is 4.11. The van der Waals surface area contributed by atoms with Gasteiger partial charge in [-0.3, -0.25) is 28.9 Å². The minimum absolute atomic E-state index is 0.0469. The molecule has 0 aromatic heterocycles. The van der Waals surface area contributed by atoms with Crippen LogP contribution in [0.25, 0.3) is 0 Å². The fraction of sp³-hybridized carbons (Fsp3) is 0.414. The number of carbonyl (C=O) groups is 5. The minimum atomic E-state index is -0.629. The first-order chi connectivity index (χ1) is 19.9. The number of anilines is 3. The van der Waals surface area contributed by atoms with Crippen molar-refractivity contribution in [2.45, 2.75) is 39.2 Å². The molecule has 2 aromatic rings. The maximum atomic E-state index is 13.9. The molecule has 0 aliphatic carbocycles. The van der Waals surface area contributed by atoms with E-state index in [2.05, 4.69) is 21.3 Å². The Balaban J connectivity index is 1.46. The van der Waals surface area contributed by atoms with Crippen molar-refractivity contribution < 1.29 is 28.4 Å². The molecule has 42 heavy (non-hydrogen) atoms. The van der Waals surface area contributed by atoms with Crippen LogP contribution in [0, 0.1) is 11.7 Å². The lowest BCUT2D eigenvalue weighted by Crippen LogP contribution is -2.48. The number of piperidine rings is 1. The Bertz CT molecular complexity index is 1350. The normalized spacial score (nSPS) is 14.4. The van der Waals surface area contributed by atoms with Crippen LogP contribution >= 0.6 is 11.6 Å². The Hall–Kier alpha value is -4.03. The van der Waals surface area contributed by atoms with Gasteiger partial charge in [-0.25, -0.2) is 4.39 Å². The molecular formula is C29H36ClFN6O5. The standard InChI is InChI=1S/C29H36ClFN6O5/c1-5-25(38)34-24-15-20(7-9-22(24)31)33-26(39)16-32-28(41)18-10-12-37(13-11-18)17(2)27(40)35-23-14-19(6-8-21(23)30)29(42)36(3)4/h6-9,14-15,17-18H,5,10-13,16H2,1-4H3,(H,32,41)(H,33,39)(H,34,38)(H,35,40). The van der Waals surface area contributed by atoms with Crippen LogP contribution in [0.4, 0.5) is 21.5 Å². The highest BCUT2D eigenvalue weighted by molar-refractivity contribution is 6.34. The number of hydrogen-bond donors (Lipinski definition) is 4. The molecule has 226 valence electrons. The van der Waals surface area contributed by atoms with Gasteiger partial charge in [-0.1, -0.05) is 18.5 Å². The summed E-state index contributed by atoms with van der Waals surface area (Å²) >= 11 is 6.25. The highest BCUT2D eigenvalue weighted by Gasteiger charge is 2.30. The topological polar surface area (TPSA) is 140 Å². The first-order valence-corrected chi connectivity index (χ1v) is 14.0. The minimum Gasteiger partial charge on any atom is -0.347 e. The second-order valence-corrected chi connectivity index (χ2v) is 10.6. The zero-order valence-corrected chi connectivity index (χ0v) is 24.8. The maximum Gasteiger partial charge on any atom is 0.253 e. The van der Waals surface area contributed by atoms with Crippen molar-refractivity contribution in [2.75, 3.05) is 49.7 Å². The molecule has 1 aliphatic heterocycles. The Kier molecular flexibility index (Phi) is 11.4. The van der Waals surface area contributed by atoms with Gasteiger partial charge in [0, 0.05) is 37.7 Å². The van der Waals surface area contributed by atoms with Gasteiger partial charge in [0.1, 0.15) is 5.82 Å². The lowest BCUT2D eigenvalue weighted by atomic mass is 9.95. The molecule has 0 bridgehead atoms. The summed E-state index contributed by atoms with van der Waals surface area (Å²) in [6.07, 6.45) is 1.17. The van der Waals surface area contributed by atoms with Gasteiger partial charge < -0.3 is 26.2 Å². The first-order valence-electron chi connectivity index (χ1n) is 13.6. The van der Waals surface area contributed by atoms with Gasteiger partial charge in [0.25, 0.3) is 5.91 Å². The number of carbonyl (C=O) groups excluding carboxylic acids is 5. The SMILES string of the molecule is CCC(=O)Nc1cc(NC(=O)CNC(=O)C2CCN(C(C)C(=O)Nc3cc(C(=O)N(C)C)ccc3Cl)CC2)ccc1F. The van der Waals surface area contributed by atoms with E-state index in [4.69, 9.17) is 11.6 Å². The number of amides is 5. The van der Waals surface area contributed by atoms with Gasteiger partial charge in [0.2, 0.25) is 23.6 Å². The van der Waals surface area contributed by atoms with E-state index in [9.17, 15) is 28.4 Å². The highest BCUT2D eigenvalue weighted by atomic mass is 35.5. The summed E-state index contributed by atoms with van der Waals surface area (Å²) in [6, 6.07) is 7.99. The third-order valence-electron chi connectivity index (χ3n) is 6.97. The number of nitrogens with one attached hydrogen (secondary N) is 4. The fourth-order valence-corrected chi connectivity index (χ4v) is 4.58. The lowest BCUT2D eigenvalue weighted by Gasteiger charge is -2.34. The maximum absolute atomic E-state index is 13.9. The third-order valence-corrected chi connectivity index (χ3v) is 7.30. The molecule has 0 radical (unpaired) electrons. The van der Waals surface area contributed by atoms with Crippen molar-refractivity contribution >= 4 is 58.2 Å². The second kappa shape index (κ2) is 14.7. The van der Waals surface area contributed by atoms with Crippen molar-refractivity contribution in [3.05, 3.63) is 52.8 Å². The van der Waals surface area contributed by atoms with Gasteiger partial charge in [-0.2, -0.15) is 0 Å². The molecule has 2 aromatic carbocycles. The molecule has 0 saturated carbocycles. The predicted octanol–water partition coefficient (Wildman–Crippen LogP) is 3.32.